The summed E-state index contributed by atoms with van der Waals surface area (Å²) in [6, 6.07) is 3.34. The van der Waals surface area contributed by atoms with Gasteiger partial charge in [-0.3, -0.25) is 4.68 Å². The zero-order chi connectivity index (χ0) is 13.8. The smallest absolute Gasteiger partial charge is 0.176 e. The van der Waals surface area contributed by atoms with Crippen LogP contribution in [0.1, 0.15) is 42.8 Å². The van der Waals surface area contributed by atoms with E-state index in [-0.39, 0.29) is 5.13 Å². The Morgan fingerprint density at radius 2 is 2.16 bits per heavy atom. The van der Waals surface area contributed by atoms with Gasteiger partial charge in [-0.05, 0) is 25.0 Å². The monoisotopic (exact) mass is 281 g/mol. The van der Waals surface area contributed by atoms with Crippen molar-refractivity contribution in [2.24, 2.45) is 0 Å². The van der Waals surface area contributed by atoms with Crippen LogP contribution in [0.15, 0.2) is 18.3 Å². The van der Waals surface area contributed by atoms with E-state index in [1.54, 1.807) is 0 Å². The summed E-state index contributed by atoms with van der Waals surface area (Å²) in [7, 11) is 0. The first-order chi connectivity index (χ1) is 9.10. The van der Waals surface area contributed by atoms with E-state index in [0.717, 1.165) is 23.7 Å². The van der Waals surface area contributed by atoms with Gasteiger partial charge in [-0.2, -0.15) is 9.49 Å². The molecule has 2 rings (SSSR count). The average Bonchev–Trinajstić information content (AvgIpc) is 2.96. The second kappa shape index (κ2) is 6.30. The van der Waals surface area contributed by atoms with Crippen molar-refractivity contribution < 1.29 is 4.39 Å². The molecule has 5 heteroatoms. The maximum absolute atomic E-state index is 12.9. The molecule has 0 saturated heterocycles. The van der Waals surface area contributed by atoms with Crippen molar-refractivity contribution in [3.63, 3.8) is 0 Å². The van der Waals surface area contributed by atoms with Gasteiger partial charge in [0.1, 0.15) is 0 Å². The molecule has 2 heterocycles. The minimum absolute atomic E-state index is 0.126. The number of hydrogen-bond acceptors (Lipinski definition) is 3. The predicted molar refractivity (Wildman–Crippen MR) is 76.8 cm³/mol. The summed E-state index contributed by atoms with van der Waals surface area (Å²) in [5.74, 6) is 0.420. The number of thiophene rings is 1. The van der Waals surface area contributed by atoms with E-state index in [0.29, 0.717) is 12.5 Å². The van der Waals surface area contributed by atoms with E-state index >= 15 is 0 Å². The molecule has 19 heavy (non-hydrogen) atoms. The van der Waals surface area contributed by atoms with Gasteiger partial charge in [0, 0.05) is 36.3 Å². The molecule has 2 aromatic rings. The topological polar surface area (TPSA) is 29.9 Å². The summed E-state index contributed by atoms with van der Waals surface area (Å²) in [4.78, 5) is 1.02. The molecule has 0 spiro atoms. The summed E-state index contributed by atoms with van der Waals surface area (Å²) >= 11 is 1.19. The highest BCUT2D eigenvalue weighted by Crippen LogP contribution is 2.18. The van der Waals surface area contributed by atoms with Crippen LogP contribution in [0.3, 0.4) is 0 Å². The van der Waals surface area contributed by atoms with Gasteiger partial charge in [0.15, 0.2) is 5.13 Å². The fraction of sp³-hybridized carbons (Fsp3) is 0.500. The largest absolute Gasteiger partial charge is 0.308 e. The molecule has 0 fully saturated rings. The number of rotatable bonds is 6. The van der Waals surface area contributed by atoms with Crippen LogP contribution in [0.25, 0.3) is 0 Å². The van der Waals surface area contributed by atoms with E-state index in [4.69, 9.17) is 0 Å². The third kappa shape index (κ3) is 3.64. The molecule has 0 amide bonds. The Balaban J connectivity index is 1.96. The first-order valence-corrected chi connectivity index (χ1v) is 7.43. The molecule has 0 aliphatic heterocycles. The highest BCUT2D eigenvalue weighted by atomic mass is 32.1. The zero-order valence-corrected chi connectivity index (χ0v) is 12.4. The summed E-state index contributed by atoms with van der Waals surface area (Å²) in [6.45, 7) is 8.75. The van der Waals surface area contributed by atoms with Crippen molar-refractivity contribution in [2.45, 2.75) is 46.3 Å². The molecule has 0 unspecified atom stereocenters. The number of nitrogens with zero attached hydrogens (tertiary/aromatic N) is 2. The maximum atomic E-state index is 12.9. The number of halogens is 1. The van der Waals surface area contributed by atoms with Gasteiger partial charge in [-0.1, -0.05) is 13.8 Å². The van der Waals surface area contributed by atoms with Crippen LogP contribution in [0.5, 0.6) is 0 Å². The van der Waals surface area contributed by atoms with Crippen LogP contribution in [0.4, 0.5) is 4.39 Å². The molecule has 0 aliphatic rings. The molecule has 1 N–H and O–H groups in total. The number of aryl methyl sites for hydroxylation is 1. The van der Waals surface area contributed by atoms with Crippen molar-refractivity contribution in [2.75, 3.05) is 0 Å². The third-order valence-corrected chi connectivity index (χ3v) is 3.86. The summed E-state index contributed by atoms with van der Waals surface area (Å²) in [6.07, 6.45) is 2.09. The molecule has 0 aromatic carbocycles. The number of nitrogens with one attached hydrogen (secondary N) is 1. The minimum Gasteiger partial charge on any atom is -0.308 e. The lowest BCUT2D eigenvalue weighted by Gasteiger charge is -2.06. The molecule has 2 aromatic heterocycles. The van der Waals surface area contributed by atoms with Crippen molar-refractivity contribution in [1.29, 1.82) is 0 Å². The van der Waals surface area contributed by atoms with Crippen LogP contribution < -0.4 is 5.32 Å². The second-order valence-electron chi connectivity index (χ2n) is 4.86. The van der Waals surface area contributed by atoms with Crippen molar-refractivity contribution >= 4 is 11.3 Å². The normalized spacial score (nSPS) is 11.4. The van der Waals surface area contributed by atoms with E-state index in [2.05, 4.69) is 37.4 Å². The van der Waals surface area contributed by atoms with Crippen LogP contribution in [-0.4, -0.2) is 9.78 Å². The molecule has 0 saturated carbocycles. The highest BCUT2D eigenvalue weighted by molar-refractivity contribution is 7.10. The van der Waals surface area contributed by atoms with Crippen LogP contribution >= 0.6 is 11.3 Å². The zero-order valence-electron chi connectivity index (χ0n) is 11.6. The summed E-state index contributed by atoms with van der Waals surface area (Å²) < 4.78 is 14.8. The van der Waals surface area contributed by atoms with Crippen LogP contribution in [-0.2, 0) is 19.6 Å². The standard InChI is InChI=1S/C14H20FN3S/c1-4-18-9-11(14(17-18)10(2)3)7-16-8-12-5-6-13(15)19-12/h5-6,9-10,16H,4,7-8H2,1-3H3. The van der Waals surface area contributed by atoms with Crippen LogP contribution in [0, 0.1) is 5.13 Å². The van der Waals surface area contributed by atoms with Gasteiger partial charge in [-0.25, -0.2) is 0 Å². The van der Waals surface area contributed by atoms with E-state index in [1.807, 2.05) is 10.7 Å². The minimum atomic E-state index is -0.126. The molecular formula is C14H20FN3S. The molecule has 104 valence electrons. The number of hydrogen-bond donors (Lipinski definition) is 1. The summed E-state index contributed by atoms with van der Waals surface area (Å²) in [5.41, 5.74) is 2.38. The van der Waals surface area contributed by atoms with Gasteiger partial charge >= 0.3 is 0 Å². The Labute approximate surface area is 117 Å². The van der Waals surface area contributed by atoms with Crippen LogP contribution in [0.2, 0.25) is 0 Å². The third-order valence-electron chi connectivity index (χ3n) is 2.98. The average molecular weight is 281 g/mol. The fourth-order valence-electron chi connectivity index (χ4n) is 2.03. The lowest BCUT2D eigenvalue weighted by molar-refractivity contribution is 0.635. The van der Waals surface area contributed by atoms with Crippen molar-refractivity contribution in [1.82, 2.24) is 15.1 Å². The van der Waals surface area contributed by atoms with Crippen molar-refractivity contribution in [3.05, 3.63) is 39.6 Å². The second-order valence-corrected chi connectivity index (χ2v) is 5.98. The first kappa shape index (κ1) is 14.2. The molecule has 0 radical (unpaired) electrons. The Kier molecular flexibility index (Phi) is 4.71. The van der Waals surface area contributed by atoms with Gasteiger partial charge in [-0.15, -0.1) is 11.3 Å². The molecule has 0 bridgehead atoms. The number of aromatic nitrogens is 2. The quantitative estimate of drug-likeness (QED) is 0.878. The van der Waals surface area contributed by atoms with E-state index < -0.39 is 0 Å². The Morgan fingerprint density at radius 1 is 1.37 bits per heavy atom. The summed E-state index contributed by atoms with van der Waals surface area (Å²) in [5, 5.41) is 7.81. The molecule has 0 atom stereocenters. The van der Waals surface area contributed by atoms with Crippen molar-refractivity contribution in [3.8, 4) is 0 Å². The lowest BCUT2D eigenvalue weighted by Crippen LogP contribution is -2.12. The van der Waals surface area contributed by atoms with E-state index in [1.165, 1.54) is 23.0 Å². The molecular weight excluding hydrogens is 261 g/mol. The SMILES string of the molecule is CCn1cc(CNCc2ccc(F)s2)c(C(C)C)n1. The fourth-order valence-corrected chi connectivity index (χ4v) is 2.73. The van der Waals surface area contributed by atoms with E-state index in [9.17, 15) is 4.39 Å². The lowest BCUT2D eigenvalue weighted by atomic mass is 10.1. The molecule has 3 nitrogen and oxygen atoms in total. The maximum Gasteiger partial charge on any atom is 0.176 e. The highest BCUT2D eigenvalue weighted by Gasteiger charge is 2.11. The predicted octanol–water partition coefficient (Wildman–Crippen LogP) is 3.52. The Bertz CT molecular complexity index is 531. The van der Waals surface area contributed by atoms with Gasteiger partial charge in [0.2, 0.25) is 0 Å². The van der Waals surface area contributed by atoms with Gasteiger partial charge in [0.25, 0.3) is 0 Å². The Morgan fingerprint density at radius 3 is 2.74 bits per heavy atom. The first-order valence-electron chi connectivity index (χ1n) is 6.61. The Hall–Kier alpha value is -1.20. The van der Waals surface area contributed by atoms with Gasteiger partial charge < -0.3 is 5.32 Å². The molecule has 0 aliphatic carbocycles. The van der Waals surface area contributed by atoms with Gasteiger partial charge in [0.05, 0.1) is 5.69 Å².